The molecule has 2 saturated heterocycles. The molecule has 35 heavy (non-hydrogen) atoms. The Morgan fingerprint density at radius 1 is 1.06 bits per heavy atom. The van der Waals surface area contributed by atoms with Crippen LogP contribution in [0.2, 0.25) is 5.02 Å². The summed E-state index contributed by atoms with van der Waals surface area (Å²) in [6, 6.07) is 13.3. The molecule has 9 heteroatoms. The van der Waals surface area contributed by atoms with Crippen LogP contribution in [0, 0.1) is 5.41 Å². The number of carbonyl (C=O) groups excluding carboxylic acids is 1. The second kappa shape index (κ2) is 9.99. The van der Waals surface area contributed by atoms with E-state index in [1.165, 1.54) is 29.2 Å². The maximum absolute atomic E-state index is 14.5. The largest absolute Gasteiger partial charge is 0.496 e. The van der Waals surface area contributed by atoms with E-state index < -0.39 is 23.2 Å². The minimum atomic E-state index is -4.99. The van der Waals surface area contributed by atoms with Crippen LogP contribution in [0.5, 0.6) is 5.75 Å². The van der Waals surface area contributed by atoms with Crippen molar-refractivity contribution in [1.29, 1.82) is 0 Å². The Morgan fingerprint density at radius 2 is 1.71 bits per heavy atom. The molecule has 0 bridgehead atoms. The maximum atomic E-state index is 14.5. The van der Waals surface area contributed by atoms with Gasteiger partial charge in [0, 0.05) is 43.2 Å². The number of halogens is 4. The van der Waals surface area contributed by atoms with Crippen LogP contribution >= 0.6 is 11.6 Å². The highest BCUT2D eigenvalue weighted by Crippen LogP contribution is 2.52. The van der Waals surface area contributed by atoms with Crippen LogP contribution in [-0.2, 0) is 15.1 Å². The van der Waals surface area contributed by atoms with E-state index in [0.29, 0.717) is 12.8 Å². The fourth-order valence-corrected chi connectivity index (χ4v) is 6.06. The Bertz CT molecular complexity index is 1060. The van der Waals surface area contributed by atoms with Gasteiger partial charge in [-0.3, -0.25) is 4.79 Å². The van der Waals surface area contributed by atoms with Crippen molar-refractivity contribution in [3.63, 3.8) is 0 Å². The van der Waals surface area contributed by atoms with Crippen molar-refractivity contribution in [2.24, 2.45) is 5.41 Å². The Labute approximate surface area is 208 Å². The zero-order valence-electron chi connectivity index (χ0n) is 19.8. The van der Waals surface area contributed by atoms with Crippen LogP contribution in [0.15, 0.2) is 48.5 Å². The Kier molecular flexibility index (Phi) is 7.36. The average molecular weight is 511 g/mol. The first kappa shape index (κ1) is 25.8. The van der Waals surface area contributed by atoms with E-state index in [-0.39, 0.29) is 29.4 Å². The van der Waals surface area contributed by atoms with Crippen LogP contribution in [0.4, 0.5) is 13.2 Å². The molecular weight excluding hydrogens is 481 g/mol. The molecule has 2 aromatic carbocycles. The van der Waals surface area contributed by atoms with Crippen molar-refractivity contribution in [1.82, 2.24) is 10.2 Å². The average Bonchev–Trinajstić information content (AvgIpc) is 2.85. The van der Waals surface area contributed by atoms with Crippen molar-refractivity contribution in [3.8, 4) is 5.75 Å². The van der Waals surface area contributed by atoms with E-state index >= 15 is 0 Å². The standard InChI is InChI=1S/C26H30ClF3N2O3/c1-34-22-10-6-3-7-18(22)20-17-31-14-11-24(20)12-15-32(16-13-24)23(33)25(35-2,26(28,29)30)19-8-4-5-9-21(19)27/h3-10,20,31H,11-17H2,1-2H3. The molecule has 2 aromatic rings. The molecule has 0 aromatic heterocycles. The molecule has 0 radical (unpaired) electrons. The van der Waals surface area contributed by atoms with E-state index in [0.717, 1.165) is 37.9 Å². The van der Waals surface area contributed by atoms with Gasteiger partial charge < -0.3 is 19.7 Å². The molecule has 1 N–H and O–H groups in total. The monoisotopic (exact) mass is 510 g/mol. The van der Waals surface area contributed by atoms with Crippen LogP contribution in [0.1, 0.15) is 36.3 Å². The van der Waals surface area contributed by atoms with Gasteiger partial charge in [-0.2, -0.15) is 13.2 Å². The van der Waals surface area contributed by atoms with Crippen molar-refractivity contribution < 1.29 is 27.4 Å². The van der Waals surface area contributed by atoms with E-state index in [1.807, 2.05) is 24.3 Å². The molecule has 190 valence electrons. The van der Waals surface area contributed by atoms with Crippen LogP contribution in [0.3, 0.4) is 0 Å². The van der Waals surface area contributed by atoms with E-state index in [2.05, 4.69) is 5.32 Å². The zero-order valence-corrected chi connectivity index (χ0v) is 20.6. The second-order valence-electron chi connectivity index (χ2n) is 9.27. The molecule has 0 saturated carbocycles. The third kappa shape index (κ3) is 4.41. The van der Waals surface area contributed by atoms with E-state index in [4.69, 9.17) is 21.1 Å². The van der Waals surface area contributed by atoms with Gasteiger partial charge in [-0.05, 0) is 48.9 Å². The lowest BCUT2D eigenvalue weighted by Crippen LogP contribution is -2.60. The maximum Gasteiger partial charge on any atom is 0.431 e. The first-order chi connectivity index (χ1) is 16.7. The predicted octanol–water partition coefficient (Wildman–Crippen LogP) is 5.14. The molecule has 0 aliphatic carbocycles. The second-order valence-corrected chi connectivity index (χ2v) is 9.67. The number of para-hydroxylation sites is 1. The minimum absolute atomic E-state index is 0.128. The number of rotatable bonds is 5. The quantitative estimate of drug-likeness (QED) is 0.605. The SMILES string of the molecule is COc1ccccc1C1CNCCC12CCN(C(=O)C(OC)(c1ccccc1Cl)C(F)(F)F)CC2. The predicted molar refractivity (Wildman–Crippen MR) is 128 cm³/mol. The van der Waals surface area contributed by atoms with Crippen LogP contribution in [-0.4, -0.2) is 57.4 Å². The highest BCUT2D eigenvalue weighted by Gasteiger charge is 2.65. The summed E-state index contributed by atoms with van der Waals surface area (Å²) < 4.78 is 54.1. The highest BCUT2D eigenvalue weighted by molar-refractivity contribution is 6.31. The Hall–Kier alpha value is -2.29. The van der Waals surface area contributed by atoms with Crippen molar-refractivity contribution in [2.45, 2.75) is 37.0 Å². The molecule has 1 spiro atoms. The first-order valence-corrected chi connectivity index (χ1v) is 12.1. The molecule has 2 fully saturated rings. The van der Waals surface area contributed by atoms with Crippen molar-refractivity contribution in [3.05, 3.63) is 64.7 Å². The van der Waals surface area contributed by atoms with Crippen molar-refractivity contribution in [2.75, 3.05) is 40.4 Å². The van der Waals surface area contributed by atoms with Gasteiger partial charge >= 0.3 is 6.18 Å². The number of hydrogen-bond acceptors (Lipinski definition) is 4. The lowest BCUT2D eigenvalue weighted by molar-refractivity contribution is -0.271. The summed E-state index contributed by atoms with van der Waals surface area (Å²) in [7, 11) is 2.55. The molecule has 2 aliphatic heterocycles. The van der Waals surface area contributed by atoms with E-state index in [9.17, 15) is 18.0 Å². The number of nitrogens with one attached hydrogen (secondary N) is 1. The van der Waals surface area contributed by atoms with Crippen LogP contribution < -0.4 is 10.1 Å². The lowest BCUT2D eigenvalue weighted by atomic mass is 9.62. The summed E-state index contributed by atoms with van der Waals surface area (Å²) in [6.07, 6.45) is -2.95. The Balaban J connectivity index is 1.63. The molecule has 2 heterocycles. The fourth-order valence-electron chi connectivity index (χ4n) is 5.79. The first-order valence-electron chi connectivity index (χ1n) is 11.7. The number of carbonyl (C=O) groups is 1. The molecule has 1 amide bonds. The van der Waals surface area contributed by atoms with Crippen molar-refractivity contribution >= 4 is 17.5 Å². The molecule has 5 nitrogen and oxygen atoms in total. The molecule has 2 unspecified atom stereocenters. The summed E-state index contributed by atoms with van der Waals surface area (Å²) in [5, 5.41) is 3.29. The third-order valence-electron chi connectivity index (χ3n) is 7.71. The van der Waals surface area contributed by atoms with E-state index in [1.54, 1.807) is 7.11 Å². The summed E-state index contributed by atoms with van der Waals surface area (Å²) in [6.45, 7) is 1.98. The Morgan fingerprint density at radius 3 is 2.34 bits per heavy atom. The molecule has 2 atom stereocenters. The number of methoxy groups -OCH3 is 2. The number of ether oxygens (including phenoxy) is 2. The molecular formula is C26H30ClF3N2O3. The molecule has 4 rings (SSSR count). The fraction of sp³-hybridized carbons (Fsp3) is 0.500. The highest BCUT2D eigenvalue weighted by atomic mass is 35.5. The van der Waals surface area contributed by atoms with Gasteiger partial charge in [-0.15, -0.1) is 0 Å². The number of hydrogen-bond donors (Lipinski definition) is 1. The van der Waals surface area contributed by atoms with Gasteiger partial charge in [0.2, 0.25) is 0 Å². The van der Waals surface area contributed by atoms with Gasteiger partial charge in [0.15, 0.2) is 0 Å². The topological polar surface area (TPSA) is 50.8 Å². The third-order valence-corrected chi connectivity index (χ3v) is 8.04. The summed E-state index contributed by atoms with van der Waals surface area (Å²) in [5.41, 5.74) is -2.61. The number of benzene rings is 2. The van der Waals surface area contributed by atoms with Gasteiger partial charge in [0.05, 0.1) is 7.11 Å². The van der Waals surface area contributed by atoms with Crippen LogP contribution in [0.25, 0.3) is 0 Å². The minimum Gasteiger partial charge on any atom is -0.496 e. The van der Waals surface area contributed by atoms with Gasteiger partial charge in [0.25, 0.3) is 11.5 Å². The number of nitrogens with zero attached hydrogens (tertiary/aromatic N) is 1. The normalized spacial score (nSPS) is 22.0. The summed E-state index contributed by atoms with van der Waals surface area (Å²) in [4.78, 5) is 14.8. The smallest absolute Gasteiger partial charge is 0.431 e. The number of alkyl halides is 3. The molecule has 2 aliphatic rings. The van der Waals surface area contributed by atoms with Gasteiger partial charge in [-0.1, -0.05) is 48.0 Å². The summed E-state index contributed by atoms with van der Waals surface area (Å²) >= 11 is 6.14. The summed E-state index contributed by atoms with van der Waals surface area (Å²) in [5.74, 6) is -0.200. The zero-order chi connectivity index (χ0) is 25.3. The number of piperidine rings is 2. The van der Waals surface area contributed by atoms with Gasteiger partial charge in [0.1, 0.15) is 5.75 Å². The number of likely N-dealkylation sites (tertiary alicyclic amines) is 1. The lowest BCUT2D eigenvalue weighted by Gasteiger charge is -2.51. The number of amides is 1. The van der Waals surface area contributed by atoms with Gasteiger partial charge in [-0.25, -0.2) is 0 Å².